The van der Waals surface area contributed by atoms with Gasteiger partial charge in [-0.25, -0.2) is 0 Å². The molecule has 0 aromatic heterocycles. The molecule has 0 atom stereocenters. The summed E-state index contributed by atoms with van der Waals surface area (Å²) in [4.78, 5) is 14.1. The first kappa shape index (κ1) is 17.5. The summed E-state index contributed by atoms with van der Waals surface area (Å²) in [5.74, 6) is 0.332. The molecule has 20 heavy (non-hydrogen) atoms. The monoisotopic (exact) mass is 282 g/mol. The van der Waals surface area contributed by atoms with Crippen LogP contribution in [0.1, 0.15) is 84.0 Å². The standard InChI is InChI=1S/C17H34N2O/c1-3-4-5-6-7-8-9-10-17(20)19(2)16-13-11-15(18)12-14-16/h15-16H,3-14,18H2,1-2H3. The van der Waals surface area contributed by atoms with Crippen molar-refractivity contribution in [3.8, 4) is 0 Å². The van der Waals surface area contributed by atoms with E-state index in [4.69, 9.17) is 5.73 Å². The molecular formula is C17H34N2O. The molecule has 3 nitrogen and oxygen atoms in total. The number of hydrogen-bond acceptors (Lipinski definition) is 2. The van der Waals surface area contributed by atoms with E-state index in [0.717, 1.165) is 38.5 Å². The Bertz CT molecular complexity index is 260. The van der Waals surface area contributed by atoms with Crippen molar-refractivity contribution < 1.29 is 4.79 Å². The maximum absolute atomic E-state index is 12.2. The van der Waals surface area contributed by atoms with Crippen molar-refractivity contribution in [2.45, 2.75) is 96.1 Å². The molecule has 1 aliphatic carbocycles. The second-order valence-electron chi connectivity index (χ2n) is 6.44. The van der Waals surface area contributed by atoms with E-state index < -0.39 is 0 Å². The van der Waals surface area contributed by atoms with Crippen LogP contribution in [-0.2, 0) is 4.79 Å². The van der Waals surface area contributed by atoms with Gasteiger partial charge in [0.05, 0.1) is 0 Å². The van der Waals surface area contributed by atoms with Crippen molar-refractivity contribution in [2.24, 2.45) is 5.73 Å². The molecule has 0 spiro atoms. The molecular weight excluding hydrogens is 248 g/mol. The highest BCUT2D eigenvalue weighted by Gasteiger charge is 2.24. The van der Waals surface area contributed by atoms with Crippen molar-refractivity contribution in [3.63, 3.8) is 0 Å². The van der Waals surface area contributed by atoms with Crippen molar-refractivity contribution in [2.75, 3.05) is 7.05 Å². The molecule has 0 bridgehead atoms. The highest BCUT2D eigenvalue weighted by atomic mass is 16.2. The topological polar surface area (TPSA) is 46.3 Å². The molecule has 0 aromatic rings. The molecule has 1 rings (SSSR count). The Labute approximate surface area is 125 Å². The van der Waals surface area contributed by atoms with E-state index in [1.54, 1.807) is 0 Å². The zero-order valence-electron chi connectivity index (χ0n) is 13.6. The van der Waals surface area contributed by atoms with Crippen LogP contribution >= 0.6 is 0 Å². The lowest BCUT2D eigenvalue weighted by Crippen LogP contribution is -2.41. The predicted octanol–water partition coefficient (Wildman–Crippen LogP) is 3.86. The lowest BCUT2D eigenvalue weighted by atomic mass is 9.91. The minimum absolute atomic E-state index is 0.332. The van der Waals surface area contributed by atoms with Crippen LogP contribution in [0.25, 0.3) is 0 Å². The normalized spacial score (nSPS) is 22.8. The average molecular weight is 282 g/mol. The highest BCUT2D eigenvalue weighted by molar-refractivity contribution is 5.76. The van der Waals surface area contributed by atoms with Crippen molar-refractivity contribution in [1.82, 2.24) is 4.90 Å². The van der Waals surface area contributed by atoms with Crippen LogP contribution in [-0.4, -0.2) is 29.9 Å². The van der Waals surface area contributed by atoms with Crippen LogP contribution in [0, 0.1) is 0 Å². The van der Waals surface area contributed by atoms with Crippen LogP contribution in [0.2, 0.25) is 0 Å². The van der Waals surface area contributed by atoms with Crippen LogP contribution in [0.3, 0.4) is 0 Å². The number of rotatable bonds is 9. The van der Waals surface area contributed by atoms with Gasteiger partial charge in [0.2, 0.25) is 5.91 Å². The summed E-state index contributed by atoms with van der Waals surface area (Å²) in [7, 11) is 1.98. The van der Waals surface area contributed by atoms with E-state index in [2.05, 4.69) is 6.92 Å². The lowest BCUT2D eigenvalue weighted by Gasteiger charge is -2.33. The number of nitrogens with two attached hydrogens (primary N) is 1. The third-order valence-corrected chi connectivity index (χ3v) is 4.68. The maximum atomic E-state index is 12.2. The number of carbonyl (C=O) groups excluding carboxylic acids is 1. The fourth-order valence-electron chi connectivity index (χ4n) is 3.10. The number of amides is 1. The average Bonchev–Trinajstić information content (AvgIpc) is 2.46. The molecule has 118 valence electrons. The van der Waals surface area contributed by atoms with E-state index in [-0.39, 0.29) is 0 Å². The van der Waals surface area contributed by atoms with Crippen LogP contribution < -0.4 is 5.73 Å². The summed E-state index contributed by atoms with van der Waals surface area (Å²) in [5, 5.41) is 0. The SMILES string of the molecule is CCCCCCCCCC(=O)N(C)C1CCC(N)CC1. The Balaban J connectivity index is 2.06. The van der Waals surface area contributed by atoms with Crippen LogP contribution in [0.4, 0.5) is 0 Å². The van der Waals surface area contributed by atoms with Gasteiger partial charge >= 0.3 is 0 Å². The first-order valence-corrected chi connectivity index (χ1v) is 8.66. The summed E-state index contributed by atoms with van der Waals surface area (Å²) in [6, 6.07) is 0.796. The van der Waals surface area contributed by atoms with E-state index in [0.29, 0.717) is 18.0 Å². The third-order valence-electron chi connectivity index (χ3n) is 4.68. The Morgan fingerprint density at radius 3 is 2.15 bits per heavy atom. The molecule has 0 saturated heterocycles. The van der Waals surface area contributed by atoms with Crippen molar-refractivity contribution in [3.05, 3.63) is 0 Å². The molecule has 1 fully saturated rings. The fraction of sp³-hybridized carbons (Fsp3) is 0.941. The van der Waals surface area contributed by atoms with Crippen LogP contribution in [0.15, 0.2) is 0 Å². The molecule has 1 amide bonds. The van der Waals surface area contributed by atoms with Gasteiger partial charge in [-0.3, -0.25) is 4.79 Å². The minimum atomic E-state index is 0.332. The second kappa shape index (κ2) is 10.2. The Morgan fingerprint density at radius 1 is 1.00 bits per heavy atom. The van der Waals surface area contributed by atoms with Gasteiger partial charge in [0.25, 0.3) is 0 Å². The van der Waals surface area contributed by atoms with E-state index in [9.17, 15) is 4.79 Å². The summed E-state index contributed by atoms with van der Waals surface area (Å²) in [6.07, 6.45) is 13.9. The molecule has 3 heteroatoms. The van der Waals surface area contributed by atoms with Gasteiger partial charge in [-0.1, -0.05) is 45.4 Å². The van der Waals surface area contributed by atoms with Gasteiger partial charge in [-0.05, 0) is 32.1 Å². The lowest BCUT2D eigenvalue weighted by molar-refractivity contribution is -0.132. The number of hydrogen-bond donors (Lipinski definition) is 1. The first-order valence-electron chi connectivity index (χ1n) is 8.66. The zero-order chi connectivity index (χ0) is 14.8. The number of unbranched alkanes of at least 4 members (excludes halogenated alkanes) is 6. The zero-order valence-corrected chi connectivity index (χ0v) is 13.6. The van der Waals surface area contributed by atoms with Gasteiger partial charge in [-0.15, -0.1) is 0 Å². The molecule has 1 saturated carbocycles. The summed E-state index contributed by atoms with van der Waals surface area (Å²) < 4.78 is 0. The fourth-order valence-corrected chi connectivity index (χ4v) is 3.10. The molecule has 0 aliphatic heterocycles. The number of carbonyl (C=O) groups is 1. The smallest absolute Gasteiger partial charge is 0.222 e. The van der Waals surface area contributed by atoms with E-state index >= 15 is 0 Å². The van der Waals surface area contributed by atoms with Gasteiger partial charge in [0.15, 0.2) is 0 Å². The molecule has 0 radical (unpaired) electrons. The highest BCUT2D eigenvalue weighted by Crippen LogP contribution is 2.22. The van der Waals surface area contributed by atoms with Gasteiger partial charge in [-0.2, -0.15) is 0 Å². The van der Waals surface area contributed by atoms with Gasteiger partial charge < -0.3 is 10.6 Å². The Morgan fingerprint density at radius 2 is 1.55 bits per heavy atom. The molecule has 0 unspecified atom stereocenters. The first-order chi connectivity index (χ1) is 9.65. The largest absolute Gasteiger partial charge is 0.343 e. The van der Waals surface area contributed by atoms with Crippen molar-refractivity contribution >= 4 is 5.91 Å². The predicted molar refractivity (Wildman–Crippen MR) is 85.6 cm³/mol. The summed E-state index contributed by atoms with van der Waals surface area (Å²) >= 11 is 0. The van der Waals surface area contributed by atoms with Gasteiger partial charge in [0, 0.05) is 25.6 Å². The molecule has 1 aliphatic rings. The molecule has 0 heterocycles. The third kappa shape index (κ3) is 6.74. The van der Waals surface area contributed by atoms with Crippen molar-refractivity contribution in [1.29, 1.82) is 0 Å². The van der Waals surface area contributed by atoms with E-state index in [1.165, 1.54) is 38.5 Å². The molecule has 2 N–H and O–H groups in total. The Kier molecular flexibility index (Phi) is 8.92. The second-order valence-corrected chi connectivity index (χ2v) is 6.44. The van der Waals surface area contributed by atoms with Gasteiger partial charge in [0.1, 0.15) is 0 Å². The maximum Gasteiger partial charge on any atom is 0.222 e. The molecule has 0 aromatic carbocycles. The Hall–Kier alpha value is -0.570. The quantitative estimate of drug-likeness (QED) is 0.653. The van der Waals surface area contributed by atoms with Crippen LogP contribution in [0.5, 0.6) is 0 Å². The number of nitrogens with zero attached hydrogens (tertiary/aromatic N) is 1. The summed E-state index contributed by atoms with van der Waals surface area (Å²) in [6.45, 7) is 2.24. The summed E-state index contributed by atoms with van der Waals surface area (Å²) in [5.41, 5.74) is 5.92. The minimum Gasteiger partial charge on any atom is -0.343 e. The van der Waals surface area contributed by atoms with E-state index in [1.807, 2.05) is 11.9 Å².